The Hall–Kier alpha value is -6.82. The molecule has 0 aliphatic carbocycles. The van der Waals surface area contributed by atoms with Gasteiger partial charge in [-0.2, -0.15) is 0 Å². The minimum absolute atomic E-state index is 0. The van der Waals surface area contributed by atoms with Gasteiger partial charge in [-0.25, -0.2) is 0 Å². The molecule has 3 N–H and O–H groups in total. The van der Waals surface area contributed by atoms with Crippen LogP contribution in [0.15, 0.2) is 36.4 Å². The molecule has 0 aliphatic heterocycles. The van der Waals surface area contributed by atoms with Crippen molar-refractivity contribution in [3.05, 3.63) is 127 Å². The summed E-state index contributed by atoms with van der Waals surface area (Å²) in [6.07, 6.45) is 0. The molecule has 0 aromatic heterocycles. The van der Waals surface area contributed by atoms with Crippen LogP contribution < -0.4 is 0 Å². The van der Waals surface area contributed by atoms with Crippen LogP contribution in [0.3, 0.4) is 0 Å². The van der Waals surface area contributed by atoms with Crippen molar-refractivity contribution >= 4 is 51.2 Å². The molecule has 266 valence electrons. The smallest absolute Gasteiger partial charge is 0.324 e. The standard InChI is InChI=1S/3C6H3N3O7.Yb/c3*10-6-4(8(13)14)1-3(7(11)12)2-5(6)9(15)16;/h3*1-2,10H;. The number of nitrogens with zero attached hydrogens (tertiary/aromatic N) is 9. The van der Waals surface area contributed by atoms with Gasteiger partial charge in [-0.05, 0) is 0 Å². The Kier molecular flexibility index (Phi) is 14.8. The van der Waals surface area contributed by atoms with E-state index in [2.05, 4.69) is 0 Å². The molecule has 0 bridgehead atoms. The molecule has 49 heavy (non-hydrogen) atoms. The van der Waals surface area contributed by atoms with Gasteiger partial charge < -0.3 is 15.3 Å². The van der Waals surface area contributed by atoms with Crippen LogP contribution in [0.25, 0.3) is 0 Å². The van der Waals surface area contributed by atoms with Crippen LogP contribution in [-0.2, 0) is 0 Å². The predicted octanol–water partition coefficient (Wildman–Crippen LogP) is 3.35. The quantitative estimate of drug-likeness (QED) is 0.205. The molecule has 3 aromatic rings. The van der Waals surface area contributed by atoms with Gasteiger partial charge in [0.15, 0.2) is 0 Å². The SMILES string of the molecule is O=[N+]([O-])c1cc([N+](=O)[O-])c(O)c([N+](=O)[O-])c1.O=[N+]([O-])c1cc([N+](=O)[O-])c(O)c([N+](=O)[O-])c1.O=[N+]([O-])c1cc([N+](=O)[O-])c(O)c([N+](=O)[O-])c1.[Yb]. The molecule has 0 saturated heterocycles. The number of phenols is 3. The molecule has 30 nitrogen and oxygen atoms in total. The number of aromatic hydroxyl groups is 3. The van der Waals surface area contributed by atoms with E-state index < -0.39 is 113 Å². The van der Waals surface area contributed by atoms with Crippen LogP contribution in [0, 0.1) is 138 Å². The van der Waals surface area contributed by atoms with E-state index in [1.54, 1.807) is 0 Å². The average molecular weight is 860 g/mol. The van der Waals surface area contributed by atoms with E-state index in [-0.39, 0.29) is 46.9 Å². The molecule has 3 rings (SSSR count). The van der Waals surface area contributed by atoms with Crippen LogP contribution in [-0.4, -0.2) is 59.6 Å². The fraction of sp³-hybridized carbons (Fsp3) is 0. The van der Waals surface area contributed by atoms with E-state index in [0.717, 1.165) is 0 Å². The molecule has 31 heteroatoms. The first kappa shape index (κ1) is 42.2. The number of nitro groups is 9. The third-order valence-corrected chi connectivity index (χ3v) is 4.98. The topological polar surface area (TPSA) is 449 Å². The van der Waals surface area contributed by atoms with E-state index in [4.69, 9.17) is 15.3 Å². The minimum Gasteiger partial charge on any atom is -0.497 e. The summed E-state index contributed by atoms with van der Waals surface area (Å²) in [5.74, 6) is -3.62. The molecule has 3 aromatic carbocycles. The zero-order valence-electron chi connectivity index (χ0n) is 22.4. The van der Waals surface area contributed by atoms with Crippen molar-refractivity contribution in [2.75, 3.05) is 0 Å². The summed E-state index contributed by atoms with van der Waals surface area (Å²) in [5, 5.41) is 121. The van der Waals surface area contributed by atoms with Gasteiger partial charge in [0.1, 0.15) is 0 Å². The van der Waals surface area contributed by atoms with E-state index in [0.29, 0.717) is 36.4 Å². The Morgan fingerprint density at radius 1 is 0.306 bits per heavy atom. The number of non-ortho nitro benzene ring substituents is 3. The Morgan fingerprint density at radius 3 is 0.510 bits per heavy atom. The molecular weight excluding hydrogens is 851 g/mol. The summed E-state index contributed by atoms with van der Waals surface area (Å²) in [4.78, 5) is 83.3. The number of hydrogen-bond acceptors (Lipinski definition) is 21. The Balaban J connectivity index is 0.000000698. The van der Waals surface area contributed by atoms with Gasteiger partial charge in [-0.15, -0.1) is 0 Å². The van der Waals surface area contributed by atoms with Crippen LogP contribution in [0.5, 0.6) is 17.2 Å². The molecular formula is C18H9N9O21Yb. The Morgan fingerprint density at radius 2 is 0.429 bits per heavy atom. The zero-order valence-corrected chi connectivity index (χ0v) is 24.2. The van der Waals surface area contributed by atoms with Crippen molar-refractivity contribution in [2.24, 2.45) is 0 Å². The summed E-state index contributed by atoms with van der Waals surface area (Å²) in [6, 6.07) is 2.68. The van der Waals surface area contributed by atoms with E-state index in [9.17, 15) is 91.0 Å². The summed E-state index contributed by atoms with van der Waals surface area (Å²) in [6.45, 7) is 0. The van der Waals surface area contributed by atoms with Crippen molar-refractivity contribution in [3.8, 4) is 17.2 Å². The number of phenolic OH excluding ortho intramolecular Hbond substituents is 3. The molecule has 0 radical (unpaired) electrons. The molecule has 0 amide bonds. The third kappa shape index (κ3) is 10.6. The second-order valence-corrected chi connectivity index (χ2v) is 7.81. The van der Waals surface area contributed by atoms with E-state index in [1.165, 1.54) is 0 Å². The van der Waals surface area contributed by atoms with Crippen LogP contribution in [0.2, 0.25) is 0 Å². The second kappa shape index (κ2) is 17.2. The first-order valence-corrected chi connectivity index (χ1v) is 10.9. The first-order valence-electron chi connectivity index (χ1n) is 10.9. The number of benzene rings is 3. The van der Waals surface area contributed by atoms with Crippen molar-refractivity contribution < 1.29 is 107 Å². The van der Waals surface area contributed by atoms with Gasteiger partial charge in [-0.1, -0.05) is 0 Å². The van der Waals surface area contributed by atoms with E-state index >= 15 is 0 Å². The van der Waals surface area contributed by atoms with Crippen LogP contribution >= 0.6 is 0 Å². The van der Waals surface area contributed by atoms with Gasteiger partial charge in [-0.3, -0.25) is 91.0 Å². The molecule has 0 saturated carbocycles. The van der Waals surface area contributed by atoms with Gasteiger partial charge in [0, 0.05) is 46.9 Å². The predicted molar refractivity (Wildman–Crippen MR) is 144 cm³/mol. The Labute approximate surface area is 301 Å². The number of hydrogen-bond donors (Lipinski definition) is 3. The number of rotatable bonds is 9. The first-order chi connectivity index (χ1) is 22.0. The third-order valence-electron chi connectivity index (χ3n) is 4.98. The number of nitro benzene ring substituents is 9. The monoisotopic (exact) mass is 861 g/mol. The molecule has 0 unspecified atom stereocenters. The maximum absolute atomic E-state index is 10.4. The maximum Gasteiger partial charge on any atom is 0.324 e. The Bertz CT molecular complexity index is 1610. The molecule has 0 aliphatic rings. The molecule has 0 spiro atoms. The average Bonchev–Trinajstić information content (AvgIpc) is 2.96. The zero-order chi connectivity index (χ0) is 37.4. The van der Waals surface area contributed by atoms with Crippen molar-refractivity contribution in [1.29, 1.82) is 0 Å². The molecule has 0 heterocycles. The van der Waals surface area contributed by atoms with Gasteiger partial charge in [0.25, 0.3) is 34.3 Å². The molecule has 0 atom stereocenters. The fourth-order valence-corrected chi connectivity index (χ4v) is 2.92. The molecule has 0 fully saturated rings. The summed E-state index contributed by atoms with van der Waals surface area (Å²) in [7, 11) is 0. The van der Waals surface area contributed by atoms with Crippen molar-refractivity contribution in [2.45, 2.75) is 0 Å². The van der Waals surface area contributed by atoms with Gasteiger partial charge in [0.2, 0.25) is 0 Å². The normalized spacial score (nSPS) is 9.55. The van der Waals surface area contributed by atoms with Crippen molar-refractivity contribution in [3.63, 3.8) is 0 Å². The van der Waals surface area contributed by atoms with E-state index in [1.807, 2.05) is 0 Å². The van der Waals surface area contributed by atoms with Crippen molar-refractivity contribution in [1.82, 2.24) is 0 Å². The second-order valence-electron chi connectivity index (χ2n) is 7.81. The van der Waals surface area contributed by atoms with Gasteiger partial charge >= 0.3 is 34.1 Å². The van der Waals surface area contributed by atoms with Gasteiger partial charge in [0.05, 0.1) is 80.7 Å². The van der Waals surface area contributed by atoms with Crippen LogP contribution in [0.4, 0.5) is 51.2 Å². The summed E-state index contributed by atoms with van der Waals surface area (Å²) >= 11 is 0. The minimum atomic E-state index is -1.21. The fourth-order valence-electron chi connectivity index (χ4n) is 2.92. The summed E-state index contributed by atoms with van der Waals surface area (Å²) < 4.78 is 0. The largest absolute Gasteiger partial charge is 0.497 e. The van der Waals surface area contributed by atoms with Crippen LogP contribution in [0.1, 0.15) is 0 Å². The summed E-state index contributed by atoms with van der Waals surface area (Å²) in [5.41, 5.74) is -9.01. The maximum atomic E-state index is 10.4.